The third kappa shape index (κ3) is 5.33. The molecule has 0 unspecified atom stereocenters. The highest BCUT2D eigenvalue weighted by atomic mass is 16.5. The Balaban J connectivity index is 1.57. The van der Waals surface area contributed by atoms with Crippen molar-refractivity contribution >= 4 is 23.3 Å². The van der Waals surface area contributed by atoms with Crippen molar-refractivity contribution in [2.24, 2.45) is 0 Å². The van der Waals surface area contributed by atoms with Crippen LogP contribution in [0.25, 0.3) is 5.65 Å². The summed E-state index contributed by atoms with van der Waals surface area (Å²) in [5.41, 5.74) is 2.83. The van der Waals surface area contributed by atoms with Gasteiger partial charge >= 0.3 is 5.97 Å². The number of hydrogen-bond donors (Lipinski definition) is 3. The highest BCUT2D eigenvalue weighted by Crippen LogP contribution is 2.29. The number of aliphatic hydroxyl groups is 1. The quantitative estimate of drug-likeness (QED) is 0.424. The van der Waals surface area contributed by atoms with E-state index in [2.05, 4.69) is 27.2 Å². The second-order valence-corrected chi connectivity index (χ2v) is 8.15. The molecule has 1 aliphatic heterocycles. The summed E-state index contributed by atoms with van der Waals surface area (Å²) in [7, 11) is 0. The van der Waals surface area contributed by atoms with E-state index in [-0.39, 0.29) is 18.5 Å². The van der Waals surface area contributed by atoms with Gasteiger partial charge in [0.2, 0.25) is 5.88 Å². The maximum Gasteiger partial charge on any atom is 0.341 e. The van der Waals surface area contributed by atoms with E-state index in [0.717, 1.165) is 60.6 Å². The van der Waals surface area contributed by atoms with Crippen LogP contribution in [0.2, 0.25) is 0 Å². The number of carboxylic acid groups (broad SMARTS) is 1. The van der Waals surface area contributed by atoms with Gasteiger partial charge in [0, 0.05) is 49.6 Å². The first-order chi connectivity index (χ1) is 16.1. The van der Waals surface area contributed by atoms with Crippen LogP contribution in [0.5, 0.6) is 5.88 Å². The van der Waals surface area contributed by atoms with Gasteiger partial charge in [-0.3, -0.25) is 0 Å². The maximum atomic E-state index is 10.6. The molecule has 1 saturated heterocycles. The largest absolute Gasteiger partial charge is 0.479 e. The zero-order chi connectivity index (χ0) is 23.2. The fourth-order valence-corrected chi connectivity index (χ4v) is 4.20. The van der Waals surface area contributed by atoms with Gasteiger partial charge < -0.3 is 25.2 Å². The number of piperidine rings is 1. The summed E-state index contributed by atoms with van der Waals surface area (Å²) < 4.78 is 6.92. The lowest BCUT2D eigenvalue weighted by molar-refractivity contribution is -0.139. The van der Waals surface area contributed by atoms with Gasteiger partial charge in [0.1, 0.15) is 11.6 Å². The fraction of sp³-hybridized carbons (Fsp3) is 0.478. The predicted molar refractivity (Wildman–Crippen MR) is 124 cm³/mol. The van der Waals surface area contributed by atoms with Crippen molar-refractivity contribution in [3.8, 4) is 5.88 Å². The summed E-state index contributed by atoms with van der Waals surface area (Å²) in [5, 5.41) is 26.2. The van der Waals surface area contributed by atoms with Crippen LogP contribution >= 0.6 is 0 Å². The van der Waals surface area contributed by atoms with E-state index in [9.17, 15) is 9.90 Å². The van der Waals surface area contributed by atoms with Gasteiger partial charge in [-0.2, -0.15) is 9.61 Å². The molecule has 0 radical (unpaired) electrons. The number of fused-ring (bicyclic) bond motifs is 1. The van der Waals surface area contributed by atoms with Gasteiger partial charge in [0.15, 0.2) is 12.3 Å². The Kier molecular flexibility index (Phi) is 7.23. The number of nitrogens with one attached hydrogen (secondary N) is 1. The molecule has 4 rings (SSSR count). The number of aryl methyl sites for hydroxylation is 1. The summed E-state index contributed by atoms with van der Waals surface area (Å²) in [6.07, 6.45) is 8.41. The minimum Gasteiger partial charge on any atom is -0.479 e. The van der Waals surface area contributed by atoms with Gasteiger partial charge in [-0.05, 0) is 37.7 Å². The van der Waals surface area contributed by atoms with Crippen LogP contribution in [-0.4, -0.2) is 61.6 Å². The highest BCUT2D eigenvalue weighted by molar-refractivity contribution is 5.68. The number of aliphatic carboxylic acids is 1. The minimum absolute atomic E-state index is 0.167. The number of pyridine rings is 1. The van der Waals surface area contributed by atoms with Crippen LogP contribution in [-0.2, 0) is 17.8 Å². The summed E-state index contributed by atoms with van der Waals surface area (Å²) in [6.45, 7) is 3.26. The average molecular weight is 455 g/mol. The number of carbonyl (C=O) groups is 1. The molecule has 10 nitrogen and oxygen atoms in total. The SMILES string of the molecule is CCc1cnn2c(NCc3ccc(OCC(=O)O)nc3)cc(N3CCCC[C@@H]3CCO)nc12. The van der Waals surface area contributed by atoms with E-state index < -0.39 is 12.6 Å². The zero-order valence-corrected chi connectivity index (χ0v) is 18.8. The molecule has 3 aromatic rings. The highest BCUT2D eigenvalue weighted by Gasteiger charge is 2.24. The van der Waals surface area contributed by atoms with Crippen molar-refractivity contribution in [3.05, 3.63) is 41.7 Å². The van der Waals surface area contributed by atoms with Gasteiger partial charge in [0.25, 0.3) is 0 Å². The van der Waals surface area contributed by atoms with Crippen LogP contribution < -0.4 is 15.0 Å². The first-order valence-corrected chi connectivity index (χ1v) is 11.4. The van der Waals surface area contributed by atoms with Crippen LogP contribution in [0.1, 0.15) is 43.7 Å². The van der Waals surface area contributed by atoms with E-state index in [1.807, 2.05) is 22.8 Å². The molecule has 0 bridgehead atoms. The van der Waals surface area contributed by atoms with Crippen LogP contribution in [0.4, 0.5) is 11.6 Å². The molecule has 4 heterocycles. The summed E-state index contributed by atoms with van der Waals surface area (Å²) in [5.74, 6) is 0.957. The molecule has 1 fully saturated rings. The van der Waals surface area contributed by atoms with E-state index in [1.165, 1.54) is 6.42 Å². The number of rotatable bonds is 10. The van der Waals surface area contributed by atoms with Gasteiger partial charge in [-0.25, -0.2) is 14.8 Å². The molecule has 33 heavy (non-hydrogen) atoms. The number of aliphatic hydroxyl groups excluding tert-OH is 1. The summed E-state index contributed by atoms with van der Waals surface area (Å²) >= 11 is 0. The van der Waals surface area contributed by atoms with E-state index in [0.29, 0.717) is 6.54 Å². The molecule has 0 amide bonds. The average Bonchev–Trinajstić information content (AvgIpc) is 3.25. The molecular weight excluding hydrogens is 424 g/mol. The number of ether oxygens (including phenoxy) is 1. The molecule has 10 heteroatoms. The molecule has 1 aliphatic rings. The Hall–Kier alpha value is -3.40. The Morgan fingerprint density at radius 3 is 2.91 bits per heavy atom. The van der Waals surface area contributed by atoms with Crippen molar-refractivity contribution in [2.45, 2.75) is 51.6 Å². The lowest BCUT2D eigenvalue weighted by Gasteiger charge is -2.36. The molecule has 0 spiro atoms. The van der Waals surface area contributed by atoms with Crippen molar-refractivity contribution in [1.29, 1.82) is 0 Å². The van der Waals surface area contributed by atoms with Gasteiger partial charge in [-0.1, -0.05) is 13.0 Å². The molecule has 3 N–H and O–H groups in total. The van der Waals surface area contributed by atoms with E-state index in [4.69, 9.17) is 14.8 Å². The maximum absolute atomic E-state index is 10.6. The second kappa shape index (κ2) is 10.5. The number of nitrogens with zero attached hydrogens (tertiary/aromatic N) is 5. The van der Waals surface area contributed by atoms with E-state index >= 15 is 0 Å². The predicted octanol–water partition coefficient (Wildman–Crippen LogP) is 2.50. The molecule has 1 atom stereocenters. The molecule has 0 aromatic carbocycles. The third-order valence-corrected chi connectivity index (χ3v) is 5.91. The van der Waals surface area contributed by atoms with Crippen LogP contribution in [0, 0.1) is 0 Å². The second-order valence-electron chi connectivity index (χ2n) is 8.15. The lowest BCUT2D eigenvalue weighted by atomic mass is 9.99. The molecule has 0 aliphatic carbocycles. The summed E-state index contributed by atoms with van der Waals surface area (Å²) in [6, 6.07) is 5.80. The van der Waals surface area contributed by atoms with Crippen LogP contribution in [0.15, 0.2) is 30.6 Å². The number of anilines is 2. The fourth-order valence-electron chi connectivity index (χ4n) is 4.20. The Morgan fingerprint density at radius 1 is 1.30 bits per heavy atom. The van der Waals surface area contributed by atoms with Gasteiger partial charge in [-0.15, -0.1) is 0 Å². The normalized spacial score (nSPS) is 16.2. The van der Waals surface area contributed by atoms with Gasteiger partial charge in [0.05, 0.1) is 6.20 Å². The Labute approximate surface area is 192 Å². The molecule has 0 saturated carbocycles. The monoisotopic (exact) mass is 454 g/mol. The Bertz CT molecular complexity index is 1080. The number of hydrogen-bond acceptors (Lipinski definition) is 8. The molecule has 3 aromatic heterocycles. The Morgan fingerprint density at radius 2 is 2.18 bits per heavy atom. The standard InChI is InChI=1S/C23H30N6O4/c1-2-17-14-26-29-19(24-12-16-6-7-21(25-13-16)33-15-22(31)32)11-20(27-23(17)29)28-9-4-3-5-18(28)8-10-30/h6-7,11,13-14,18,24,30H,2-5,8-10,12,15H2,1H3,(H,31,32)/t18-/m1/s1. The third-order valence-electron chi connectivity index (χ3n) is 5.91. The molecule has 176 valence electrons. The van der Waals surface area contributed by atoms with Crippen LogP contribution in [0.3, 0.4) is 0 Å². The zero-order valence-electron chi connectivity index (χ0n) is 18.8. The van der Waals surface area contributed by atoms with Crippen molar-refractivity contribution in [3.63, 3.8) is 0 Å². The van der Waals surface area contributed by atoms with Crippen molar-refractivity contribution < 1.29 is 19.7 Å². The minimum atomic E-state index is -1.04. The van der Waals surface area contributed by atoms with Crippen molar-refractivity contribution in [1.82, 2.24) is 19.6 Å². The number of aromatic nitrogens is 4. The first kappa shape index (κ1) is 22.8. The number of carboxylic acids is 1. The topological polar surface area (TPSA) is 125 Å². The van der Waals surface area contributed by atoms with E-state index in [1.54, 1.807) is 12.3 Å². The molecular formula is C23H30N6O4. The lowest BCUT2D eigenvalue weighted by Crippen LogP contribution is -2.40. The van der Waals surface area contributed by atoms with Crippen molar-refractivity contribution in [2.75, 3.05) is 30.0 Å². The first-order valence-electron chi connectivity index (χ1n) is 11.4. The smallest absolute Gasteiger partial charge is 0.341 e. The summed E-state index contributed by atoms with van der Waals surface area (Å²) in [4.78, 5) is 22.1.